The van der Waals surface area contributed by atoms with Gasteiger partial charge in [0, 0.05) is 23.2 Å². The molecular formula is C15H20ClNO4S. The number of hydrogen-bond donors (Lipinski definition) is 1. The molecule has 1 fully saturated rings. The fourth-order valence-electron chi connectivity index (χ4n) is 3.09. The lowest BCUT2D eigenvalue weighted by molar-refractivity contribution is -0.149. The fourth-order valence-corrected chi connectivity index (χ4v) is 5.29. The molecule has 0 saturated heterocycles. The van der Waals surface area contributed by atoms with Crippen LogP contribution in [0.2, 0.25) is 5.02 Å². The van der Waals surface area contributed by atoms with Crippen LogP contribution in [0.1, 0.15) is 25.3 Å². The maximum absolute atomic E-state index is 12.4. The van der Waals surface area contributed by atoms with Gasteiger partial charge in [-0.3, -0.25) is 4.79 Å². The Bertz CT molecular complexity index is 659. The van der Waals surface area contributed by atoms with E-state index in [1.54, 1.807) is 38.1 Å². The second-order valence-corrected chi connectivity index (χ2v) is 8.21. The summed E-state index contributed by atoms with van der Waals surface area (Å²) < 4.78 is 29.9. The van der Waals surface area contributed by atoms with E-state index in [0.717, 1.165) is 5.56 Å². The van der Waals surface area contributed by atoms with Gasteiger partial charge in [0.2, 0.25) is 0 Å². The molecule has 0 unspecified atom stereocenters. The lowest BCUT2D eigenvalue weighted by Crippen LogP contribution is -2.34. The molecule has 0 radical (unpaired) electrons. The van der Waals surface area contributed by atoms with Crippen LogP contribution in [0.25, 0.3) is 0 Å². The molecule has 0 heterocycles. The number of rotatable bonds is 6. The zero-order valence-corrected chi connectivity index (χ0v) is 14.2. The molecule has 1 aromatic rings. The van der Waals surface area contributed by atoms with E-state index in [0.29, 0.717) is 5.02 Å². The molecule has 1 aliphatic carbocycles. The van der Waals surface area contributed by atoms with Crippen molar-refractivity contribution in [3.8, 4) is 0 Å². The molecule has 0 amide bonds. The molecule has 1 aromatic carbocycles. The predicted octanol–water partition coefficient (Wildman–Crippen LogP) is 1.75. The minimum atomic E-state index is -3.43. The Labute approximate surface area is 135 Å². The highest BCUT2D eigenvalue weighted by molar-refractivity contribution is 7.92. The van der Waals surface area contributed by atoms with Crippen molar-refractivity contribution in [3.63, 3.8) is 0 Å². The number of carbonyl (C=O) groups is 1. The molecule has 2 rings (SSSR count). The van der Waals surface area contributed by atoms with Crippen molar-refractivity contribution < 1.29 is 17.9 Å². The third kappa shape index (κ3) is 2.64. The Morgan fingerprint density at radius 3 is 2.36 bits per heavy atom. The summed E-state index contributed by atoms with van der Waals surface area (Å²) in [6.07, 6.45) is 0. The molecule has 0 aliphatic heterocycles. The van der Waals surface area contributed by atoms with Gasteiger partial charge >= 0.3 is 5.97 Å². The first kappa shape index (κ1) is 17.2. The number of carbonyl (C=O) groups excluding carboxylic acids is 1. The molecular weight excluding hydrogens is 326 g/mol. The molecule has 0 bridgehead atoms. The first-order chi connectivity index (χ1) is 10.3. The van der Waals surface area contributed by atoms with Crippen LogP contribution in [0.5, 0.6) is 0 Å². The van der Waals surface area contributed by atoms with Crippen LogP contribution < -0.4 is 5.73 Å². The number of benzene rings is 1. The van der Waals surface area contributed by atoms with Gasteiger partial charge in [0.25, 0.3) is 0 Å². The van der Waals surface area contributed by atoms with Crippen LogP contribution in [0, 0.1) is 5.41 Å². The van der Waals surface area contributed by atoms with Gasteiger partial charge in [-0.1, -0.05) is 30.7 Å². The van der Waals surface area contributed by atoms with Crippen LogP contribution >= 0.6 is 11.6 Å². The summed E-state index contributed by atoms with van der Waals surface area (Å²) in [5, 5.41) is -0.288. The maximum atomic E-state index is 12.4. The minimum absolute atomic E-state index is 0.0388. The third-order valence-electron chi connectivity index (χ3n) is 4.27. The first-order valence-electron chi connectivity index (χ1n) is 7.19. The molecule has 5 nitrogen and oxygen atoms in total. The van der Waals surface area contributed by atoms with Crippen LogP contribution in [0.3, 0.4) is 0 Å². The van der Waals surface area contributed by atoms with Crippen molar-refractivity contribution >= 4 is 27.4 Å². The zero-order chi connectivity index (χ0) is 16.5. The van der Waals surface area contributed by atoms with Crippen molar-refractivity contribution in [3.05, 3.63) is 34.9 Å². The van der Waals surface area contributed by atoms with Gasteiger partial charge in [-0.25, -0.2) is 8.42 Å². The van der Waals surface area contributed by atoms with Crippen LogP contribution in [0.4, 0.5) is 0 Å². The van der Waals surface area contributed by atoms with Crippen molar-refractivity contribution in [1.82, 2.24) is 0 Å². The average molecular weight is 346 g/mol. The Morgan fingerprint density at radius 1 is 1.32 bits per heavy atom. The quantitative estimate of drug-likeness (QED) is 0.794. The molecule has 22 heavy (non-hydrogen) atoms. The van der Waals surface area contributed by atoms with Gasteiger partial charge in [-0.05, 0) is 24.6 Å². The highest BCUT2D eigenvalue weighted by Crippen LogP contribution is 2.63. The number of sulfone groups is 1. The Hall–Kier alpha value is -1.11. The second kappa shape index (κ2) is 6.18. The van der Waals surface area contributed by atoms with Gasteiger partial charge in [0.05, 0.1) is 11.9 Å². The maximum Gasteiger partial charge on any atom is 0.315 e. The number of nitrogens with two attached hydrogens (primary N) is 1. The fraction of sp³-hybridized carbons (Fsp3) is 0.533. The summed E-state index contributed by atoms with van der Waals surface area (Å²) >= 11 is 5.87. The Kier molecular flexibility index (Phi) is 4.84. The van der Waals surface area contributed by atoms with E-state index >= 15 is 0 Å². The van der Waals surface area contributed by atoms with E-state index in [9.17, 15) is 13.2 Å². The van der Waals surface area contributed by atoms with Crippen molar-refractivity contribution in [2.24, 2.45) is 11.1 Å². The van der Waals surface area contributed by atoms with E-state index in [1.807, 2.05) is 0 Å². The van der Waals surface area contributed by atoms with E-state index < -0.39 is 32.4 Å². The topological polar surface area (TPSA) is 86.5 Å². The van der Waals surface area contributed by atoms with Crippen molar-refractivity contribution in [2.45, 2.75) is 25.0 Å². The standard InChI is InChI=1S/C15H20ClNO4S/c1-3-21-14(18)15(9-17)12(13(15)22(19,20)4-2)10-5-7-11(16)8-6-10/h5-8,12-13H,3-4,9,17H2,1-2H3/t12-,13+,15-/m1/s1. The predicted molar refractivity (Wildman–Crippen MR) is 85.6 cm³/mol. The minimum Gasteiger partial charge on any atom is -0.465 e. The molecule has 7 heteroatoms. The van der Waals surface area contributed by atoms with Crippen molar-refractivity contribution in [2.75, 3.05) is 18.9 Å². The first-order valence-corrected chi connectivity index (χ1v) is 9.28. The average Bonchev–Trinajstić information content (AvgIpc) is 3.20. The summed E-state index contributed by atoms with van der Waals surface area (Å²) in [4.78, 5) is 12.4. The van der Waals surface area contributed by atoms with Crippen LogP contribution in [-0.4, -0.2) is 38.5 Å². The van der Waals surface area contributed by atoms with E-state index in [-0.39, 0.29) is 18.9 Å². The third-order valence-corrected chi connectivity index (χ3v) is 6.79. The molecule has 1 aliphatic rings. The summed E-state index contributed by atoms with van der Waals surface area (Å²) in [5.41, 5.74) is 5.35. The largest absolute Gasteiger partial charge is 0.465 e. The van der Waals surface area contributed by atoms with Gasteiger partial charge in [0.15, 0.2) is 9.84 Å². The lowest BCUT2D eigenvalue weighted by Gasteiger charge is -2.14. The Morgan fingerprint density at radius 2 is 1.91 bits per heavy atom. The summed E-state index contributed by atoms with van der Waals surface area (Å²) in [6, 6.07) is 6.83. The summed E-state index contributed by atoms with van der Waals surface area (Å²) in [7, 11) is -3.43. The van der Waals surface area contributed by atoms with E-state index in [1.165, 1.54) is 0 Å². The zero-order valence-electron chi connectivity index (χ0n) is 12.6. The van der Waals surface area contributed by atoms with Gasteiger partial charge in [-0.15, -0.1) is 0 Å². The molecule has 1 saturated carbocycles. The Balaban J connectivity index is 2.49. The summed E-state index contributed by atoms with van der Waals surface area (Å²) in [5.74, 6) is -1.07. The highest BCUT2D eigenvalue weighted by atomic mass is 35.5. The molecule has 0 spiro atoms. The smallest absolute Gasteiger partial charge is 0.315 e. The normalized spacial score (nSPS) is 27.5. The summed E-state index contributed by atoms with van der Waals surface area (Å²) in [6.45, 7) is 3.37. The van der Waals surface area contributed by atoms with Crippen molar-refractivity contribution in [1.29, 1.82) is 0 Å². The van der Waals surface area contributed by atoms with Crippen LogP contribution in [-0.2, 0) is 19.4 Å². The highest BCUT2D eigenvalue weighted by Gasteiger charge is 2.74. The van der Waals surface area contributed by atoms with Gasteiger partial charge in [-0.2, -0.15) is 0 Å². The number of ether oxygens (including phenoxy) is 1. The van der Waals surface area contributed by atoms with E-state index in [2.05, 4.69) is 0 Å². The molecule has 0 aromatic heterocycles. The number of hydrogen-bond acceptors (Lipinski definition) is 5. The lowest BCUT2D eigenvalue weighted by atomic mass is 9.99. The SMILES string of the molecule is CCOC(=O)[C@]1(CN)[C@H](c2ccc(Cl)cc2)[C@@H]1S(=O)(=O)CC. The second-order valence-electron chi connectivity index (χ2n) is 5.37. The number of esters is 1. The number of halogens is 1. The molecule has 3 atom stereocenters. The van der Waals surface area contributed by atoms with E-state index in [4.69, 9.17) is 22.1 Å². The van der Waals surface area contributed by atoms with Gasteiger partial charge in [0.1, 0.15) is 5.41 Å². The van der Waals surface area contributed by atoms with Gasteiger partial charge < -0.3 is 10.5 Å². The molecule has 2 N–H and O–H groups in total. The van der Waals surface area contributed by atoms with Crippen LogP contribution in [0.15, 0.2) is 24.3 Å². The monoisotopic (exact) mass is 345 g/mol. The molecule has 122 valence electrons.